The first-order valence-electron chi connectivity index (χ1n) is 8.40. The molecule has 2 saturated carbocycles. The van der Waals surface area contributed by atoms with Gasteiger partial charge in [-0.2, -0.15) is 0 Å². The van der Waals surface area contributed by atoms with Gasteiger partial charge in [-0.05, 0) is 25.7 Å². The Morgan fingerprint density at radius 3 is 2.05 bits per heavy atom. The van der Waals surface area contributed by atoms with Crippen molar-refractivity contribution in [3.05, 3.63) is 0 Å². The molecular formula is C16H28N2O3. The highest BCUT2D eigenvalue weighted by molar-refractivity contribution is 5.79. The minimum atomic E-state index is -0.842. The van der Waals surface area contributed by atoms with Crippen molar-refractivity contribution in [3.63, 3.8) is 0 Å². The maximum atomic E-state index is 12.2. The van der Waals surface area contributed by atoms with Gasteiger partial charge < -0.3 is 10.4 Å². The molecule has 0 atom stereocenters. The third-order valence-electron chi connectivity index (χ3n) is 4.75. The molecule has 2 fully saturated rings. The molecule has 2 aliphatic rings. The average Bonchev–Trinajstić information content (AvgIpc) is 2.48. The highest BCUT2D eigenvalue weighted by Crippen LogP contribution is 2.22. The number of carboxylic acids is 1. The molecule has 0 unspecified atom stereocenters. The van der Waals surface area contributed by atoms with Crippen LogP contribution < -0.4 is 5.32 Å². The summed E-state index contributed by atoms with van der Waals surface area (Å²) in [6, 6.07) is 0.552. The number of hydrogen-bond donors (Lipinski definition) is 2. The molecule has 5 heteroatoms. The Morgan fingerprint density at radius 1 is 0.905 bits per heavy atom. The summed E-state index contributed by atoms with van der Waals surface area (Å²) in [6.45, 7) is 0.205. The number of amides is 1. The minimum absolute atomic E-state index is 0.00581. The van der Waals surface area contributed by atoms with Gasteiger partial charge in [0.15, 0.2) is 0 Å². The van der Waals surface area contributed by atoms with Crippen LogP contribution in [0.2, 0.25) is 0 Å². The molecule has 0 aromatic rings. The van der Waals surface area contributed by atoms with Crippen molar-refractivity contribution in [2.45, 2.75) is 76.3 Å². The molecule has 0 bridgehead atoms. The molecule has 2 rings (SSSR count). The van der Waals surface area contributed by atoms with Crippen molar-refractivity contribution >= 4 is 11.9 Å². The first kappa shape index (κ1) is 16.3. The molecule has 0 spiro atoms. The van der Waals surface area contributed by atoms with E-state index in [0.717, 1.165) is 38.5 Å². The Hall–Kier alpha value is -1.10. The van der Waals surface area contributed by atoms with E-state index in [1.165, 1.54) is 25.7 Å². The third kappa shape index (κ3) is 5.65. The van der Waals surface area contributed by atoms with E-state index in [1.807, 2.05) is 4.90 Å². The van der Waals surface area contributed by atoms with Crippen LogP contribution >= 0.6 is 0 Å². The fourth-order valence-corrected chi connectivity index (χ4v) is 3.64. The lowest BCUT2D eigenvalue weighted by Crippen LogP contribution is -2.48. The van der Waals surface area contributed by atoms with Crippen LogP contribution in [-0.2, 0) is 9.59 Å². The molecule has 0 saturated heterocycles. The molecule has 120 valence electrons. The molecule has 0 heterocycles. The van der Waals surface area contributed by atoms with Gasteiger partial charge in [0, 0.05) is 12.1 Å². The highest BCUT2D eigenvalue weighted by Gasteiger charge is 2.25. The third-order valence-corrected chi connectivity index (χ3v) is 4.75. The zero-order valence-electron chi connectivity index (χ0n) is 12.9. The van der Waals surface area contributed by atoms with Gasteiger partial charge in [0.2, 0.25) is 5.91 Å². The van der Waals surface area contributed by atoms with Crippen LogP contribution in [0.1, 0.15) is 64.2 Å². The van der Waals surface area contributed by atoms with Crippen molar-refractivity contribution in [2.75, 3.05) is 13.1 Å². The van der Waals surface area contributed by atoms with Gasteiger partial charge in [0.05, 0.1) is 13.1 Å². The summed E-state index contributed by atoms with van der Waals surface area (Å²) < 4.78 is 0. The molecule has 0 aromatic carbocycles. The monoisotopic (exact) mass is 296 g/mol. The van der Waals surface area contributed by atoms with Crippen LogP contribution in [0.15, 0.2) is 0 Å². The van der Waals surface area contributed by atoms with Crippen molar-refractivity contribution < 1.29 is 14.7 Å². The van der Waals surface area contributed by atoms with Crippen LogP contribution in [0.5, 0.6) is 0 Å². The second-order valence-electron chi connectivity index (χ2n) is 6.49. The number of nitrogens with one attached hydrogen (secondary N) is 1. The summed E-state index contributed by atoms with van der Waals surface area (Å²) >= 11 is 0. The number of rotatable bonds is 6. The van der Waals surface area contributed by atoms with Crippen LogP contribution in [0.25, 0.3) is 0 Å². The minimum Gasteiger partial charge on any atom is -0.480 e. The smallest absolute Gasteiger partial charge is 0.317 e. The molecule has 5 nitrogen and oxygen atoms in total. The molecule has 0 radical (unpaired) electrons. The highest BCUT2D eigenvalue weighted by atomic mass is 16.4. The molecule has 0 aliphatic heterocycles. The van der Waals surface area contributed by atoms with E-state index in [1.54, 1.807) is 0 Å². The maximum Gasteiger partial charge on any atom is 0.317 e. The van der Waals surface area contributed by atoms with Gasteiger partial charge in [0.1, 0.15) is 0 Å². The Labute approximate surface area is 127 Å². The molecular weight excluding hydrogens is 268 g/mol. The normalized spacial score (nSPS) is 21.4. The van der Waals surface area contributed by atoms with Gasteiger partial charge in [-0.3, -0.25) is 14.5 Å². The van der Waals surface area contributed by atoms with E-state index in [4.69, 9.17) is 5.11 Å². The van der Waals surface area contributed by atoms with Crippen molar-refractivity contribution in [1.29, 1.82) is 0 Å². The maximum absolute atomic E-state index is 12.2. The van der Waals surface area contributed by atoms with Crippen molar-refractivity contribution in [2.24, 2.45) is 0 Å². The van der Waals surface area contributed by atoms with Gasteiger partial charge in [-0.15, -0.1) is 0 Å². The second kappa shape index (κ2) is 8.37. The molecule has 1 amide bonds. The fourth-order valence-electron chi connectivity index (χ4n) is 3.64. The SMILES string of the molecule is O=C(O)CN(CC(=O)NC1CCCCC1)C1CCCCC1. The second-order valence-corrected chi connectivity index (χ2v) is 6.49. The molecule has 2 N–H and O–H groups in total. The van der Waals surface area contributed by atoms with Crippen LogP contribution in [-0.4, -0.2) is 47.1 Å². The summed E-state index contributed by atoms with van der Waals surface area (Å²) in [5.74, 6) is -0.847. The van der Waals surface area contributed by atoms with E-state index >= 15 is 0 Å². The first-order valence-corrected chi connectivity index (χ1v) is 8.40. The number of carbonyl (C=O) groups is 2. The number of carboxylic acid groups (broad SMARTS) is 1. The number of hydrogen-bond acceptors (Lipinski definition) is 3. The fraction of sp³-hybridized carbons (Fsp3) is 0.875. The van der Waals surface area contributed by atoms with Gasteiger partial charge in [0.25, 0.3) is 0 Å². The zero-order chi connectivity index (χ0) is 15.1. The van der Waals surface area contributed by atoms with Gasteiger partial charge in [-0.1, -0.05) is 38.5 Å². The topological polar surface area (TPSA) is 69.6 Å². The molecule has 2 aliphatic carbocycles. The summed E-state index contributed by atoms with van der Waals surface area (Å²) in [6.07, 6.45) is 11.3. The number of carbonyl (C=O) groups excluding carboxylic acids is 1. The number of aliphatic carboxylic acids is 1. The molecule has 0 aromatic heterocycles. The lowest BCUT2D eigenvalue weighted by atomic mass is 9.94. The summed E-state index contributed by atoms with van der Waals surface area (Å²) in [4.78, 5) is 25.1. The van der Waals surface area contributed by atoms with E-state index in [9.17, 15) is 9.59 Å². The van der Waals surface area contributed by atoms with Crippen LogP contribution in [0.3, 0.4) is 0 Å². The van der Waals surface area contributed by atoms with E-state index in [-0.39, 0.29) is 25.0 Å². The predicted octanol–water partition coefficient (Wildman–Crippen LogP) is 2.15. The lowest BCUT2D eigenvalue weighted by Gasteiger charge is -2.33. The van der Waals surface area contributed by atoms with Gasteiger partial charge >= 0.3 is 5.97 Å². The largest absolute Gasteiger partial charge is 0.480 e. The Morgan fingerprint density at radius 2 is 1.48 bits per heavy atom. The first-order chi connectivity index (χ1) is 10.1. The molecule has 21 heavy (non-hydrogen) atoms. The van der Waals surface area contributed by atoms with Crippen LogP contribution in [0, 0.1) is 0 Å². The van der Waals surface area contributed by atoms with Gasteiger partial charge in [-0.25, -0.2) is 0 Å². The quantitative estimate of drug-likeness (QED) is 0.788. The van der Waals surface area contributed by atoms with E-state index in [2.05, 4.69) is 5.32 Å². The average molecular weight is 296 g/mol. The Balaban J connectivity index is 1.84. The van der Waals surface area contributed by atoms with E-state index < -0.39 is 5.97 Å². The summed E-state index contributed by atoms with van der Waals surface area (Å²) in [5, 5.41) is 12.2. The predicted molar refractivity (Wildman–Crippen MR) is 81.1 cm³/mol. The summed E-state index contributed by atoms with van der Waals surface area (Å²) in [5.41, 5.74) is 0. The van der Waals surface area contributed by atoms with Crippen LogP contribution in [0.4, 0.5) is 0 Å². The van der Waals surface area contributed by atoms with E-state index in [0.29, 0.717) is 6.04 Å². The standard InChI is InChI=1S/C16H28N2O3/c19-15(17-13-7-3-1-4-8-13)11-18(12-16(20)21)14-9-5-2-6-10-14/h13-14H,1-12H2,(H,17,19)(H,20,21). The lowest BCUT2D eigenvalue weighted by molar-refractivity contribution is -0.139. The van der Waals surface area contributed by atoms with Crippen molar-refractivity contribution in [1.82, 2.24) is 10.2 Å². The Kier molecular flexibility index (Phi) is 6.49. The Bertz CT molecular complexity index is 347. The zero-order valence-corrected chi connectivity index (χ0v) is 12.9. The number of nitrogens with zero attached hydrogens (tertiary/aromatic N) is 1. The van der Waals surface area contributed by atoms with Crippen molar-refractivity contribution in [3.8, 4) is 0 Å². The summed E-state index contributed by atoms with van der Waals surface area (Å²) in [7, 11) is 0.